The number of rotatable bonds is 4. The summed E-state index contributed by atoms with van der Waals surface area (Å²) in [6, 6.07) is 5.63. The lowest BCUT2D eigenvalue weighted by atomic mass is 10.3. The lowest BCUT2D eigenvalue weighted by Crippen LogP contribution is -2.12. The van der Waals surface area contributed by atoms with Crippen LogP contribution in [0.2, 0.25) is 0 Å². The molecular formula is C10H8N2O4S2. The molecule has 0 aromatic carbocycles. The summed E-state index contributed by atoms with van der Waals surface area (Å²) in [6.07, 6.45) is 1.23. The molecule has 2 heterocycles. The van der Waals surface area contributed by atoms with Gasteiger partial charge < -0.3 is 5.11 Å². The van der Waals surface area contributed by atoms with Gasteiger partial charge in [-0.25, -0.2) is 18.2 Å². The van der Waals surface area contributed by atoms with Gasteiger partial charge in [0.2, 0.25) is 0 Å². The maximum absolute atomic E-state index is 11.9. The lowest BCUT2D eigenvalue weighted by Gasteiger charge is -2.06. The molecule has 94 valence electrons. The van der Waals surface area contributed by atoms with Crippen molar-refractivity contribution in [2.75, 3.05) is 4.72 Å². The third-order valence-electron chi connectivity index (χ3n) is 1.99. The summed E-state index contributed by atoms with van der Waals surface area (Å²) in [5, 5.41) is 10.4. The van der Waals surface area contributed by atoms with E-state index in [0.717, 1.165) is 17.4 Å². The third kappa shape index (κ3) is 2.66. The normalized spacial score (nSPS) is 11.1. The number of pyridine rings is 1. The van der Waals surface area contributed by atoms with Crippen LogP contribution in [0.25, 0.3) is 0 Å². The molecule has 0 bridgehead atoms. The number of anilines is 1. The Balaban J connectivity index is 2.30. The molecule has 0 radical (unpaired) electrons. The molecule has 0 aliphatic carbocycles. The van der Waals surface area contributed by atoms with E-state index in [2.05, 4.69) is 9.71 Å². The smallest absolute Gasteiger partial charge is 0.354 e. The van der Waals surface area contributed by atoms with Crippen molar-refractivity contribution in [3.63, 3.8) is 0 Å². The van der Waals surface area contributed by atoms with Gasteiger partial charge in [-0.3, -0.25) is 4.72 Å². The van der Waals surface area contributed by atoms with Crippen LogP contribution in [0.5, 0.6) is 0 Å². The Hall–Kier alpha value is -1.93. The quantitative estimate of drug-likeness (QED) is 0.889. The van der Waals surface area contributed by atoms with Crippen molar-refractivity contribution in [2.45, 2.75) is 4.21 Å². The summed E-state index contributed by atoms with van der Waals surface area (Å²) in [5.41, 5.74) is -0.0582. The molecule has 0 atom stereocenters. The number of hydrogen-bond acceptors (Lipinski definition) is 5. The number of nitrogens with zero attached hydrogens (tertiary/aromatic N) is 1. The molecule has 0 saturated heterocycles. The fourth-order valence-electron chi connectivity index (χ4n) is 1.23. The molecule has 2 N–H and O–H groups in total. The molecule has 2 aromatic rings. The number of hydrogen-bond donors (Lipinski definition) is 2. The monoisotopic (exact) mass is 284 g/mol. The molecular weight excluding hydrogens is 276 g/mol. The molecule has 8 heteroatoms. The zero-order chi connectivity index (χ0) is 13.2. The lowest BCUT2D eigenvalue weighted by molar-refractivity contribution is 0.0690. The Morgan fingerprint density at radius 3 is 2.78 bits per heavy atom. The van der Waals surface area contributed by atoms with Gasteiger partial charge in [0.15, 0.2) is 0 Å². The number of nitrogens with one attached hydrogen (secondary N) is 1. The maximum atomic E-state index is 11.9. The molecule has 2 aromatic heterocycles. The average Bonchev–Trinajstić information content (AvgIpc) is 2.82. The zero-order valence-electron chi connectivity index (χ0n) is 8.90. The Labute approximate surface area is 107 Å². The van der Waals surface area contributed by atoms with Crippen LogP contribution in [-0.2, 0) is 10.0 Å². The van der Waals surface area contributed by atoms with Gasteiger partial charge in [-0.15, -0.1) is 11.3 Å². The number of aromatic nitrogens is 1. The standard InChI is InChI=1S/C10H8N2O4S2/c13-10(14)8-6-7(3-4-11-8)12-18(15,16)9-2-1-5-17-9/h1-6H,(H,11,12)(H,13,14). The fraction of sp³-hybridized carbons (Fsp3) is 0. The van der Waals surface area contributed by atoms with Crippen molar-refractivity contribution in [1.29, 1.82) is 0 Å². The molecule has 0 spiro atoms. The van der Waals surface area contributed by atoms with Crippen LogP contribution in [0.1, 0.15) is 10.5 Å². The molecule has 0 aliphatic rings. The number of sulfonamides is 1. The third-order valence-corrected chi connectivity index (χ3v) is 4.77. The first kappa shape index (κ1) is 12.5. The van der Waals surface area contributed by atoms with Gasteiger partial charge in [-0.05, 0) is 23.6 Å². The zero-order valence-corrected chi connectivity index (χ0v) is 10.5. The van der Waals surface area contributed by atoms with Crippen LogP contribution in [0.4, 0.5) is 5.69 Å². The maximum Gasteiger partial charge on any atom is 0.354 e. The molecule has 0 unspecified atom stereocenters. The number of aromatic carboxylic acids is 1. The minimum absolute atomic E-state index is 0.163. The van der Waals surface area contributed by atoms with E-state index in [4.69, 9.17) is 5.11 Å². The van der Waals surface area contributed by atoms with E-state index in [1.807, 2.05) is 0 Å². The number of carboxylic acid groups (broad SMARTS) is 1. The number of carboxylic acids is 1. The summed E-state index contributed by atoms with van der Waals surface area (Å²) in [5.74, 6) is -1.22. The van der Waals surface area contributed by atoms with Crippen molar-refractivity contribution >= 4 is 33.0 Å². The summed E-state index contributed by atoms with van der Waals surface area (Å²) >= 11 is 1.08. The molecule has 6 nitrogen and oxygen atoms in total. The van der Waals surface area contributed by atoms with E-state index < -0.39 is 16.0 Å². The van der Waals surface area contributed by atoms with Crippen LogP contribution in [0.3, 0.4) is 0 Å². The van der Waals surface area contributed by atoms with Crippen LogP contribution in [-0.4, -0.2) is 24.5 Å². The van der Waals surface area contributed by atoms with Crippen molar-refractivity contribution < 1.29 is 18.3 Å². The molecule has 18 heavy (non-hydrogen) atoms. The molecule has 0 saturated carbocycles. The topological polar surface area (TPSA) is 96.4 Å². The van der Waals surface area contributed by atoms with E-state index in [-0.39, 0.29) is 15.6 Å². The minimum Gasteiger partial charge on any atom is -0.477 e. The van der Waals surface area contributed by atoms with Crippen LogP contribution >= 0.6 is 11.3 Å². The van der Waals surface area contributed by atoms with Crippen molar-refractivity contribution in [1.82, 2.24) is 4.98 Å². The van der Waals surface area contributed by atoms with Crippen molar-refractivity contribution in [2.24, 2.45) is 0 Å². The van der Waals surface area contributed by atoms with E-state index in [1.165, 1.54) is 18.3 Å². The highest BCUT2D eigenvalue weighted by molar-refractivity contribution is 7.94. The molecule has 0 amide bonds. The van der Waals surface area contributed by atoms with Gasteiger partial charge in [-0.2, -0.15) is 0 Å². The van der Waals surface area contributed by atoms with Gasteiger partial charge in [-0.1, -0.05) is 6.07 Å². The van der Waals surface area contributed by atoms with Crippen LogP contribution < -0.4 is 4.72 Å². The van der Waals surface area contributed by atoms with E-state index in [9.17, 15) is 13.2 Å². The average molecular weight is 284 g/mol. The minimum atomic E-state index is -3.66. The van der Waals surface area contributed by atoms with Crippen LogP contribution in [0, 0.1) is 0 Å². The predicted molar refractivity (Wildman–Crippen MR) is 66.3 cm³/mol. The molecule has 0 aliphatic heterocycles. The van der Waals surface area contributed by atoms with Gasteiger partial charge in [0.1, 0.15) is 9.90 Å². The van der Waals surface area contributed by atoms with Gasteiger partial charge >= 0.3 is 5.97 Å². The Bertz CT molecular complexity index is 665. The molecule has 2 rings (SSSR count). The predicted octanol–water partition coefficient (Wildman–Crippen LogP) is 1.64. The highest BCUT2D eigenvalue weighted by Gasteiger charge is 2.16. The van der Waals surface area contributed by atoms with E-state index >= 15 is 0 Å². The summed E-state index contributed by atoms with van der Waals surface area (Å²) in [7, 11) is -3.66. The SMILES string of the molecule is O=C(O)c1cc(NS(=O)(=O)c2cccs2)ccn1. The Morgan fingerprint density at radius 2 is 2.17 bits per heavy atom. The summed E-state index contributed by atoms with van der Waals surface area (Å²) < 4.78 is 26.2. The summed E-state index contributed by atoms with van der Waals surface area (Å²) in [4.78, 5) is 14.3. The van der Waals surface area contributed by atoms with Crippen molar-refractivity contribution in [3.8, 4) is 0 Å². The van der Waals surface area contributed by atoms with Gasteiger partial charge in [0, 0.05) is 6.20 Å². The first-order chi connectivity index (χ1) is 8.49. The second-order valence-corrected chi connectivity index (χ2v) is 6.13. The summed E-state index contributed by atoms with van der Waals surface area (Å²) in [6.45, 7) is 0. The first-order valence-corrected chi connectivity index (χ1v) is 7.11. The van der Waals surface area contributed by atoms with Crippen LogP contribution in [0.15, 0.2) is 40.1 Å². The fourth-order valence-corrected chi connectivity index (χ4v) is 3.28. The first-order valence-electron chi connectivity index (χ1n) is 4.75. The highest BCUT2D eigenvalue weighted by atomic mass is 32.2. The van der Waals surface area contributed by atoms with E-state index in [0.29, 0.717) is 0 Å². The second kappa shape index (κ2) is 4.75. The van der Waals surface area contributed by atoms with Gasteiger partial charge in [0.25, 0.3) is 10.0 Å². The van der Waals surface area contributed by atoms with E-state index in [1.54, 1.807) is 11.4 Å². The Morgan fingerprint density at radius 1 is 1.39 bits per heavy atom. The van der Waals surface area contributed by atoms with Crippen molar-refractivity contribution in [3.05, 3.63) is 41.5 Å². The second-order valence-electron chi connectivity index (χ2n) is 3.27. The van der Waals surface area contributed by atoms with Gasteiger partial charge in [0.05, 0.1) is 5.69 Å². The highest BCUT2D eigenvalue weighted by Crippen LogP contribution is 2.20. The number of thiophene rings is 1. The largest absolute Gasteiger partial charge is 0.477 e. The Kier molecular flexibility index (Phi) is 3.30. The molecule has 0 fully saturated rings. The number of carbonyl (C=O) groups is 1.